The molecule has 0 saturated heterocycles. The van der Waals surface area contributed by atoms with E-state index < -0.39 is 11.7 Å². The Morgan fingerprint density at radius 3 is 1.86 bits per heavy atom. The molecule has 1 aromatic rings. The summed E-state index contributed by atoms with van der Waals surface area (Å²) in [5, 5.41) is 2.58. The molecule has 0 bridgehead atoms. The van der Waals surface area contributed by atoms with Crippen molar-refractivity contribution >= 4 is 17.7 Å². The van der Waals surface area contributed by atoms with Crippen LogP contribution in [0.1, 0.15) is 44.4 Å². The van der Waals surface area contributed by atoms with Gasteiger partial charge in [-0.25, -0.2) is 9.80 Å². The Labute approximate surface area is 132 Å². The van der Waals surface area contributed by atoms with Gasteiger partial charge in [-0.3, -0.25) is 4.79 Å². The number of amides is 2. The molecule has 122 valence electrons. The fourth-order valence-corrected chi connectivity index (χ4v) is 2.32. The minimum atomic E-state index is -0.639. The molecular formula is C17H26N2O3. The van der Waals surface area contributed by atoms with E-state index in [9.17, 15) is 9.59 Å². The van der Waals surface area contributed by atoms with Crippen molar-refractivity contribution in [3.63, 3.8) is 0 Å². The standard InChI is InChI=1S/C17H26N2O3/c1-11-9-12(2)15(13(3)10-11)19(18(8)14(4)20)16(21)22-17(5,6)7/h9-10H,1-8H3. The fraction of sp³-hybridized carbons (Fsp3) is 0.529. The third-order valence-corrected chi connectivity index (χ3v) is 3.17. The van der Waals surface area contributed by atoms with Crippen molar-refractivity contribution in [1.29, 1.82) is 0 Å². The molecule has 0 saturated carbocycles. The van der Waals surface area contributed by atoms with E-state index in [1.54, 1.807) is 27.8 Å². The van der Waals surface area contributed by atoms with Crippen LogP contribution in [0.2, 0.25) is 0 Å². The van der Waals surface area contributed by atoms with Crippen LogP contribution in [0.5, 0.6) is 0 Å². The third kappa shape index (κ3) is 4.23. The van der Waals surface area contributed by atoms with Crippen molar-refractivity contribution < 1.29 is 14.3 Å². The molecule has 0 fully saturated rings. The number of benzene rings is 1. The molecule has 0 heterocycles. The summed E-state index contributed by atoms with van der Waals surface area (Å²) in [5.41, 5.74) is 2.97. The zero-order valence-corrected chi connectivity index (χ0v) is 14.8. The lowest BCUT2D eigenvalue weighted by atomic mass is 10.0. The molecule has 0 spiro atoms. The van der Waals surface area contributed by atoms with Crippen LogP contribution in [0.3, 0.4) is 0 Å². The fourth-order valence-electron chi connectivity index (χ4n) is 2.32. The summed E-state index contributed by atoms with van der Waals surface area (Å²) in [4.78, 5) is 24.4. The minimum Gasteiger partial charge on any atom is -0.442 e. The summed E-state index contributed by atoms with van der Waals surface area (Å²) in [6.45, 7) is 12.6. The van der Waals surface area contributed by atoms with E-state index in [1.165, 1.54) is 16.9 Å². The molecule has 2 amide bonds. The van der Waals surface area contributed by atoms with E-state index in [1.807, 2.05) is 32.9 Å². The zero-order chi connectivity index (χ0) is 17.2. The average molecular weight is 306 g/mol. The number of nitrogens with zero attached hydrogens (tertiary/aromatic N) is 2. The molecule has 0 aliphatic carbocycles. The number of carbonyl (C=O) groups is 2. The lowest BCUT2D eigenvalue weighted by molar-refractivity contribution is -0.128. The number of hydrogen-bond acceptors (Lipinski definition) is 3. The van der Waals surface area contributed by atoms with Gasteiger partial charge in [0.05, 0.1) is 5.69 Å². The maximum Gasteiger partial charge on any atom is 0.434 e. The number of hydrazine groups is 1. The normalized spacial score (nSPS) is 11.1. The Morgan fingerprint density at radius 2 is 1.50 bits per heavy atom. The van der Waals surface area contributed by atoms with Gasteiger partial charge in [0.1, 0.15) is 5.60 Å². The molecule has 0 atom stereocenters. The smallest absolute Gasteiger partial charge is 0.434 e. The second-order valence-electron chi connectivity index (χ2n) is 6.58. The highest BCUT2D eigenvalue weighted by Crippen LogP contribution is 2.29. The predicted molar refractivity (Wildman–Crippen MR) is 87.8 cm³/mol. The third-order valence-electron chi connectivity index (χ3n) is 3.17. The van der Waals surface area contributed by atoms with Gasteiger partial charge in [0.2, 0.25) is 5.91 Å². The first-order valence-corrected chi connectivity index (χ1v) is 7.29. The number of hydrogen-bond donors (Lipinski definition) is 0. The Hall–Kier alpha value is -2.04. The summed E-state index contributed by atoms with van der Waals surface area (Å²) in [6, 6.07) is 3.96. The van der Waals surface area contributed by atoms with Crippen LogP contribution in [-0.4, -0.2) is 29.7 Å². The maximum atomic E-state index is 12.6. The summed E-state index contributed by atoms with van der Waals surface area (Å²) < 4.78 is 5.46. The SMILES string of the molecule is CC(=O)N(C)N(C(=O)OC(C)(C)C)c1c(C)cc(C)cc1C. The summed E-state index contributed by atoms with van der Waals surface area (Å²) >= 11 is 0. The Balaban J connectivity index is 3.40. The molecule has 5 heteroatoms. The van der Waals surface area contributed by atoms with E-state index in [0.29, 0.717) is 5.69 Å². The van der Waals surface area contributed by atoms with Gasteiger partial charge >= 0.3 is 6.09 Å². The van der Waals surface area contributed by atoms with E-state index in [-0.39, 0.29) is 5.91 Å². The van der Waals surface area contributed by atoms with Crippen LogP contribution in [0.25, 0.3) is 0 Å². The minimum absolute atomic E-state index is 0.245. The van der Waals surface area contributed by atoms with Crippen LogP contribution in [-0.2, 0) is 9.53 Å². The monoisotopic (exact) mass is 306 g/mol. The van der Waals surface area contributed by atoms with E-state index >= 15 is 0 Å². The largest absolute Gasteiger partial charge is 0.442 e. The summed E-state index contributed by atoms with van der Waals surface area (Å²) in [5.74, 6) is -0.245. The van der Waals surface area contributed by atoms with Crippen molar-refractivity contribution in [2.75, 3.05) is 12.1 Å². The van der Waals surface area contributed by atoms with Crippen molar-refractivity contribution in [1.82, 2.24) is 5.01 Å². The van der Waals surface area contributed by atoms with Gasteiger partial charge in [-0.2, -0.15) is 5.01 Å². The maximum absolute atomic E-state index is 12.6. The van der Waals surface area contributed by atoms with E-state index in [2.05, 4.69) is 0 Å². The number of ether oxygens (including phenoxy) is 1. The first kappa shape index (κ1) is 18.0. The molecule has 0 radical (unpaired) electrons. The molecule has 1 rings (SSSR count). The molecule has 0 aliphatic rings. The van der Waals surface area contributed by atoms with Crippen molar-refractivity contribution in [2.24, 2.45) is 0 Å². The highest BCUT2D eigenvalue weighted by Gasteiger charge is 2.30. The van der Waals surface area contributed by atoms with Crippen LogP contribution < -0.4 is 5.01 Å². The highest BCUT2D eigenvalue weighted by molar-refractivity contribution is 5.93. The van der Waals surface area contributed by atoms with Crippen molar-refractivity contribution in [3.8, 4) is 0 Å². The van der Waals surface area contributed by atoms with Gasteiger partial charge in [0.25, 0.3) is 0 Å². The van der Waals surface area contributed by atoms with Crippen molar-refractivity contribution in [3.05, 3.63) is 28.8 Å². The van der Waals surface area contributed by atoms with Gasteiger partial charge in [-0.15, -0.1) is 0 Å². The lowest BCUT2D eigenvalue weighted by Crippen LogP contribution is -2.49. The zero-order valence-electron chi connectivity index (χ0n) is 14.8. The molecule has 0 aromatic heterocycles. The topological polar surface area (TPSA) is 49.9 Å². The second-order valence-corrected chi connectivity index (χ2v) is 6.58. The van der Waals surface area contributed by atoms with E-state index in [4.69, 9.17) is 4.74 Å². The van der Waals surface area contributed by atoms with Gasteiger partial charge in [0.15, 0.2) is 0 Å². The van der Waals surface area contributed by atoms with Crippen LogP contribution >= 0.6 is 0 Å². The average Bonchev–Trinajstić information content (AvgIpc) is 2.29. The molecule has 0 aliphatic heterocycles. The summed E-state index contributed by atoms with van der Waals surface area (Å²) in [6.07, 6.45) is -0.569. The van der Waals surface area contributed by atoms with Crippen LogP contribution in [0, 0.1) is 20.8 Å². The number of aryl methyl sites for hydroxylation is 3. The lowest BCUT2D eigenvalue weighted by Gasteiger charge is -2.34. The van der Waals surface area contributed by atoms with Gasteiger partial charge < -0.3 is 4.74 Å². The van der Waals surface area contributed by atoms with Gasteiger partial charge in [-0.1, -0.05) is 17.7 Å². The van der Waals surface area contributed by atoms with Gasteiger partial charge in [-0.05, 0) is 52.7 Å². The predicted octanol–water partition coefficient (Wildman–Crippen LogP) is 3.75. The first-order chi connectivity index (χ1) is 9.94. The first-order valence-electron chi connectivity index (χ1n) is 7.29. The van der Waals surface area contributed by atoms with Crippen LogP contribution in [0.4, 0.5) is 10.5 Å². The Kier molecular flexibility index (Phi) is 5.22. The molecule has 5 nitrogen and oxygen atoms in total. The molecule has 1 aromatic carbocycles. The summed E-state index contributed by atoms with van der Waals surface area (Å²) in [7, 11) is 1.56. The number of rotatable bonds is 1. The van der Waals surface area contributed by atoms with Gasteiger partial charge in [0, 0.05) is 14.0 Å². The second kappa shape index (κ2) is 6.38. The molecule has 0 unspecified atom stereocenters. The Bertz CT molecular complexity index is 565. The molecular weight excluding hydrogens is 280 g/mol. The Morgan fingerprint density at radius 1 is 1.05 bits per heavy atom. The quantitative estimate of drug-likeness (QED) is 0.743. The number of carbonyl (C=O) groups excluding carboxylic acids is 2. The van der Waals surface area contributed by atoms with Crippen molar-refractivity contribution in [2.45, 2.75) is 54.1 Å². The molecule has 22 heavy (non-hydrogen) atoms. The number of anilines is 1. The molecule has 0 N–H and O–H groups in total. The van der Waals surface area contributed by atoms with Crippen LogP contribution in [0.15, 0.2) is 12.1 Å². The highest BCUT2D eigenvalue weighted by atomic mass is 16.6. The van der Waals surface area contributed by atoms with E-state index in [0.717, 1.165) is 16.7 Å².